The Morgan fingerprint density at radius 2 is 2.41 bits per heavy atom. The molecule has 1 aliphatic carbocycles. The van der Waals surface area contributed by atoms with E-state index in [0.717, 1.165) is 24.3 Å². The number of fused-ring (bicyclic) bond motifs is 2. The molecule has 0 spiro atoms. The van der Waals surface area contributed by atoms with Gasteiger partial charge in [-0.1, -0.05) is 6.42 Å². The smallest absolute Gasteiger partial charge is 0.224 e. The van der Waals surface area contributed by atoms with Crippen LogP contribution in [0.5, 0.6) is 0 Å². The van der Waals surface area contributed by atoms with Crippen LogP contribution in [0, 0.1) is 5.92 Å². The van der Waals surface area contributed by atoms with Crippen LogP contribution in [0.15, 0.2) is 18.5 Å². The van der Waals surface area contributed by atoms with Gasteiger partial charge in [0.15, 0.2) is 0 Å². The van der Waals surface area contributed by atoms with Gasteiger partial charge in [-0.05, 0) is 24.8 Å². The van der Waals surface area contributed by atoms with Crippen molar-refractivity contribution in [3.8, 4) is 0 Å². The van der Waals surface area contributed by atoms with Crippen LogP contribution in [-0.2, 0) is 4.79 Å². The molecule has 1 saturated carbocycles. The number of pyridine rings is 1. The van der Waals surface area contributed by atoms with Gasteiger partial charge in [-0.15, -0.1) is 0 Å². The maximum absolute atomic E-state index is 11.9. The van der Waals surface area contributed by atoms with E-state index in [4.69, 9.17) is 0 Å². The number of nitrogens with one attached hydrogen (secondary N) is 1. The molecule has 1 amide bonds. The molecule has 0 radical (unpaired) electrons. The third-order valence-corrected chi connectivity index (χ3v) is 3.90. The van der Waals surface area contributed by atoms with Crippen molar-refractivity contribution in [1.82, 2.24) is 4.98 Å². The van der Waals surface area contributed by atoms with Gasteiger partial charge in [0.05, 0.1) is 17.6 Å². The summed E-state index contributed by atoms with van der Waals surface area (Å²) in [5.41, 5.74) is 1.97. The van der Waals surface area contributed by atoms with E-state index in [1.165, 1.54) is 12.8 Å². The zero-order valence-electron chi connectivity index (χ0n) is 10.0. The van der Waals surface area contributed by atoms with Crippen molar-refractivity contribution in [3.05, 3.63) is 18.5 Å². The van der Waals surface area contributed by atoms with Crippen molar-refractivity contribution in [2.24, 2.45) is 5.92 Å². The van der Waals surface area contributed by atoms with Gasteiger partial charge in [-0.3, -0.25) is 9.78 Å². The minimum Gasteiger partial charge on any atom is -0.383 e. The molecule has 1 aromatic rings. The van der Waals surface area contributed by atoms with Gasteiger partial charge in [-0.25, -0.2) is 0 Å². The molecule has 2 atom stereocenters. The second kappa shape index (κ2) is 4.02. The van der Waals surface area contributed by atoms with Gasteiger partial charge >= 0.3 is 0 Å². The fourth-order valence-electron chi connectivity index (χ4n) is 3.15. The zero-order valence-corrected chi connectivity index (χ0v) is 10.0. The summed E-state index contributed by atoms with van der Waals surface area (Å²) < 4.78 is 0. The van der Waals surface area contributed by atoms with Crippen molar-refractivity contribution >= 4 is 17.3 Å². The summed E-state index contributed by atoms with van der Waals surface area (Å²) in [6, 6.07) is 2.30. The Kier molecular flexibility index (Phi) is 2.50. The lowest BCUT2D eigenvalue weighted by Gasteiger charge is -2.29. The van der Waals surface area contributed by atoms with Crippen molar-refractivity contribution in [3.63, 3.8) is 0 Å². The first-order chi connectivity index (χ1) is 8.27. The van der Waals surface area contributed by atoms with Gasteiger partial charge < -0.3 is 10.2 Å². The van der Waals surface area contributed by atoms with Crippen molar-refractivity contribution < 1.29 is 4.79 Å². The predicted octanol–water partition coefficient (Wildman–Crippen LogP) is 2.03. The van der Waals surface area contributed by atoms with E-state index in [1.54, 1.807) is 19.3 Å². The molecule has 0 aromatic carbocycles. The average molecular weight is 231 g/mol. The number of amides is 1. The van der Waals surface area contributed by atoms with Crippen LogP contribution in [0.3, 0.4) is 0 Å². The van der Waals surface area contributed by atoms with Gasteiger partial charge in [0.25, 0.3) is 0 Å². The van der Waals surface area contributed by atoms with E-state index in [1.807, 2.05) is 11.0 Å². The Morgan fingerprint density at radius 3 is 3.24 bits per heavy atom. The molecule has 1 N–H and O–H groups in total. The maximum atomic E-state index is 11.9. The lowest BCUT2D eigenvalue weighted by molar-refractivity contribution is -0.117. The molecule has 0 saturated heterocycles. The highest BCUT2D eigenvalue weighted by Crippen LogP contribution is 2.38. The molecule has 1 aliphatic heterocycles. The van der Waals surface area contributed by atoms with E-state index >= 15 is 0 Å². The normalized spacial score (nSPS) is 26.8. The van der Waals surface area contributed by atoms with E-state index in [0.29, 0.717) is 12.0 Å². The van der Waals surface area contributed by atoms with Crippen LogP contribution in [0.4, 0.5) is 11.4 Å². The minimum atomic E-state index is 0.125. The third-order valence-electron chi connectivity index (χ3n) is 3.90. The molecule has 2 heterocycles. The number of carbonyl (C=O) groups excluding carboxylic acids is 1. The molecular weight excluding hydrogens is 214 g/mol. The van der Waals surface area contributed by atoms with E-state index in [-0.39, 0.29) is 5.91 Å². The number of rotatable bonds is 0. The van der Waals surface area contributed by atoms with Crippen LogP contribution in [-0.4, -0.2) is 23.5 Å². The number of anilines is 2. The van der Waals surface area contributed by atoms with Crippen LogP contribution >= 0.6 is 0 Å². The van der Waals surface area contributed by atoms with Gasteiger partial charge in [0.1, 0.15) is 0 Å². The number of nitrogens with zero attached hydrogens (tertiary/aromatic N) is 2. The van der Waals surface area contributed by atoms with Gasteiger partial charge in [-0.2, -0.15) is 0 Å². The Bertz CT molecular complexity index is 446. The number of aromatic nitrogens is 1. The molecule has 2 aliphatic rings. The summed E-state index contributed by atoms with van der Waals surface area (Å²) in [5, 5.41) is 3.45. The third kappa shape index (κ3) is 1.68. The zero-order chi connectivity index (χ0) is 11.8. The highest BCUT2D eigenvalue weighted by molar-refractivity contribution is 5.96. The van der Waals surface area contributed by atoms with Crippen molar-refractivity contribution in [2.45, 2.75) is 32.2 Å². The topological polar surface area (TPSA) is 45.2 Å². The highest BCUT2D eigenvalue weighted by Gasteiger charge is 2.37. The molecule has 1 fully saturated rings. The molecule has 3 rings (SSSR count). The summed E-state index contributed by atoms with van der Waals surface area (Å²) in [4.78, 5) is 18.0. The fourth-order valence-corrected chi connectivity index (χ4v) is 3.15. The predicted molar refractivity (Wildman–Crippen MR) is 67.0 cm³/mol. The van der Waals surface area contributed by atoms with Crippen LogP contribution < -0.4 is 10.2 Å². The summed E-state index contributed by atoms with van der Waals surface area (Å²) in [7, 11) is 0. The quantitative estimate of drug-likeness (QED) is 0.743. The summed E-state index contributed by atoms with van der Waals surface area (Å²) in [6.07, 6.45) is 7.11. The lowest BCUT2D eigenvalue weighted by atomic mass is 10.0. The van der Waals surface area contributed by atoms with Gasteiger partial charge in [0, 0.05) is 25.7 Å². The summed E-state index contributed by atoms with van der Waals surface area (Å²) in [6.45, 7) is 2.61. The fraction of sp³-hybridized carbons (Fsp3) is 0.538. The molecule has 4 nitrogen and oxygen atoms in total. The standard InChI is InChI=1S/C13H17N3O/c1-9(17)16-12-4-2-3-10(12)7-15-11-5-6-14-8-13(11)16/h5-6,8,10,12,15H,2-4,7H2,1H3. The highest BCUT2D eigenvalue weighted by atomic mass is 16.2. The molecule has 17 heavy (non-hydrogen) atoms. The number of carbonyl (C=O) groups is 1. The monoisotopic (exact) mass is 231 g/mol. The Labute approximate surface area is 101 Å². The molecule has 1 aromatic heterocycles. The number of hydrogen-bond acceptors (Lipinski definition) is 3. The lowest BCUT2D eigenvalue weighted by Crippen LogP contribution is -2.41. The van der Waals surface area contributed by atoms with E-state index < -0.39 is 0 Å². The Hall–Kier alpha value is -1.58. The molecule has 0 bridgehead atoms. The largest absolute Gasteiger partial charge is 0.383 e. The van der Waals surface area contributed by atoms with Crippen LogP contribution in [0.25, 0.3) is 0 Å². The summed E-state index contributed by atoms with van der Waals surface area (Å²) in [5.74, 6) is 0.700. The second-order valence-corrected chi connectivity index (χ2v) is 4.92. The Balaban J connectivity index is 2.07. The van der Waals surface area contributed by atoms with Gasteiger partial charge in [0.2, 0.25) is 5.91 Å². The molecule has 2 unspecified atom stereocenters. The second-order valence-electron chi connectivity index (χ2n) is 4.92. The number of hydrogen-bond donors (Lipinski definition) is 1. The average Bonchev–Trinajstić information content (AvgIpc) is 2.70. The molecule has 4 heteroatoms. The first kappa shape index (κ1) is 10.6. The van der Waals surface area contributed by atoms with Crippen molar-refractivity contribution in [2.75, 3.05) is 16.8 Å². The Morgan fingerprint density at radius 1 is 1.53 bits per heavy atom. The van der Waals surface area contributed by atoms with Crippen molar-refractivity contribution in [1.29, 1.82) is 0 Å². The van der Waals surface area contributed by atoms with Crippen LogP contribution in [0.2, 0.25) is 0 Å². The maximum Gasteiger partial charge on any atom is 0.224 e. The molecule has 90 valence electrons. The first-order valence-corrected chi connectivity index (χ1v) is 6.25. The molecular formula is C13H17N3O. The summed E-state index contributed by atoms with van der Waals surface area (Å²) >= 11 is 0. The first-order valence-electron chi connectivity index (χ1n) is 6.25. The van der Waals surface area contributed by atoms with Crippen LogP contribution in [0.1, 0.15) is 26.2 Å². The van der Waals surface area contributed by atoms with E-state index in [2.05, 4.69) is 10.3 Å². The minimum absolute atomic E-state index is 0.125. The van der Waals surface area contributed by atoms with E-state index in [9.17, 15) is 4.79 Å². The SMILES string of the molecule is CC(=O)N1c2cnccc2NCC2CCCC21.